The summed E-state index contributed by atoms with van der Waals surface area (Å²) >= 11 is 0. The first kappa shape index (κ1) is 20.5. The standard InChI is InChI=1S/C17H27N3O5S/c1-24-16-5-3-4-15(14-16)20(26(2,22)23)8-6-17(21)18-7-9-19-10-12-25-13-11-19/h3-5,14H,6-13H2,1-2H3,(H,18,21). The number of morpholine rings is 1. The Morgan fingerprint density at radius 2 is 2.08 bits per heavy atom. The highest BCUT2D eigenvalue weighted by Gasteiger charge is 2.19. The van der Waals surface area contributed by atoms with Gasteiger partial charge in [0, 0.05) is 45.2 Å². The average Bonchev–Trinajstić information content (AvgIpc) is 2.62. The van der Waals surface area contributed by atoms with Crippen LogP contribution in [0.25, 0.3) is 0 Å². The second-order valence-corrected chi connectivity index (χ2v) is 8.00. The molecule has 0 bridgehead atoms. The third-order valence-corrected chi connectivity index (χ3v) is 5.33. The van der Waals surface area contributed by atoms with Crippen molar-refractivity contribution in [2.75, 3.05) is 63.6 Å². The van der Waals surface area contributed by atoms with Crippen molar-refractivity contribution in [3.63, 3.8) is 0 Å². The molecule has 26 heavy (non-hydrogen) atoms. The Bertz CT molecular complexity index is 689. The zero-order valence-electron chi connectivity index (χ0n) is 15.3. The lowest BCUT2D eigenvalue weighted by Gasteiger charge is -2.26. The van der Waals surface area contributed by atoms with Gasteiger partial charge in [-0.2, -0.15) is 0 Å². The van der Waals surface area contributed by atoms with Crippen molar-refractivity contribution >= 4 is 21.6 Å². The summed E-state index contributed by atoms with van der Waals surface area (Å²) in [5.74, 6) is 0.390. The normalized spacial score (nSPS) is 15.5. The van der Waals surface area contributed by atoms with Crippen molar-refractivity contribution in [3.8, 4) is 5.75 Å². The number of methoxy groups -OCH3 is 1. The molecule has 0 radical (unpaired) electrons. The van der Waals surface area contributed by atoms with Crippen molar-refractivity contribution in [2.45, 2.75) is 6.42 Å². The minimum atomic E-state index is -3.50. The lowest BCUT2D eigenvalue weighted by Crippen LogP contribution is -2.42. The summed E-state index contributed by atoms with van der Waals surface area (Å²) in [6.07, 6.45) is 1.22. The van der Waals surface area contributed by atoms with Gasteiger partial charge in [0.05, 0.1) is 32.3 Å². The molecule has 0 aliphatic carbocycles. The van der Waals surface area contributed by atoms with E-state index in [-0.39, 0.29) is 18.9 Å². The summed E-state index contributed by atoms with van der Waals surface area (Å²) in [7, 11) is -1.98. The Hall–Kier alpha value is -1.84. The molecule has 1 aromatic rings. The number of benzene rings is 1. The molecule has 146 valence electrons. The van der Waals surface area contributed by atoms with Gasteiger partial charge in [-0.05, 0) is 12.1 Å². The largest absolute Gasteiger partial charge is 0.497 e. The summed E-state index contributed by atoms with van der Waals surface area (Å²) in [5.41, 5.74) is 0.480. The van der Waals surface area contributed by atoms with Gasteiger partial charge in [0.25, 0.3) is 0 Å². The van der Waals surface area contributed by atoms with E-state index in [0.29, 0.717) is 18.0 Å². The number of rotatable bonds is 9. The highest BCUT2D eigenvalue weighted by atomic mass is 32.2. The first-order valence-electron chi connectivity index (χ1n) is 8.58. The predicted molar refractivity (Wildman–Crippen MR) is 100 cm³/mol. The van der Waals surface area contributed by atoms with Crippen LogP contribution in [0.5, 0.6) is 5.75 Å². The molecule has 8 nitrogen and oxygen atoms in total. The van der Waals surface area contributed by atoms with Crippen LogP contribution >= 0.6 is 0 Å². The van der Waals surface area contributed by atoms with Gasteiger partial charge in [0.2, 0.25) is 15.9 Å². The quantitative estimate of drug-likeness (QED) is 0.658. The SMILES string of the molecule is COc1cccc(N(CCC(=O)NCCN2CCOCC2)S(C)(=O)=O)c1. The molecule has 1 heterocycles. The van der Waals surface area contributed by atoms with Crippen LogP contribution in [0.3, 0.4) is 0 Å². The first-order valence-corrected chi connectivity index (χ1v) is 10.4. The van der Waals surface area contributed by atoms with E-state index in [1.54, 1.807) is 24.3 Å². The van der Waals surface area contributed by atoms with Crippen molar-refractivity contribution < 1.29 is 22.7 Å². The van der Waals surface area contributed by atoms with Gasteiger partial charge in [-0.1, -0.05) is 6.07 Å². The van der Waals surface area contributed by atoms with Gasteiger partial charge in [-0.25, -0.2) is 8.42 Å². The zero-order chi connectivity index (χ0) is 19.0. The van der Waals surface area contributed by atoms with Crippen LogP contribution in [-0.4, -0.2) is 78.5 Å². The van der Waals surface area contributed by atoms with Crippen LogP contribution in [0.15, 0.2) is 24.3 Å². The first-order chi connectivity index (χ1) is 12.4. The second-order valence-electron chi connectivity index (χ2n) is 6.09. The van der Waals surface area contributed by atoms with Crippen molar-refractivity contribution in [3.05, 3.63) is 24.3 Å². The summed E-state index contributed by atoms with van der Waals surface area (Å²) in [4.78, 5) is 14.3. The number of anilines is 1. The predicted octanol–water partition coefficient (Wildman–Crippen LogP) is 0.300. The van der Waals surface area contributed by atoms with E-state index >= 15 is 0 Å². The smallest absolute Gasteiger partial charge is 0.232 e. The van der Waals surface area contributed by atoms with Crippen molar-refractivity contribution in [1.29, 1.82) is 0 Å². The zero-order valence-corrected chi connectivity index (χ0v) is 16.1. The van der Waals surface area contributed by atoms with Gasteiger partial charge in [0.15, 0.2) is 0 Å². The fourth-order valence-electron chi connectivity index (χ4n) is 2.72. The molecule has 0 saturated carbocycles. The Balaban J connectivity index is 1.85. The maximum absolute atomic E-state index is 12.1. The Kier molecular flexibility index (Phi) is 7.67. The van der Waals surface area contributed by atoms with Crippen LogP contribution in [0.4, 0.5) is 5.69 Å². The molecule has 0 unspecified atom stereocenters. The lowest BCUT2D eigenvalue weighted by atomic mass is 10.3. The molecule has 2 rings (SSSR count). The Morgan fingerprint density at radius 1 is 1.35 bits per heavy atom. The van der Waals surface area contributed by atoms with Crippen LogP contribution in [-0.2, 0) is 19.6 Å². The second kappa shape index (κ2) is 9.75. The number of carbonyl (C=O) groups excluding carboxylic acids is 1. The number of hydrogen-bond acceptors (Lipinski definition) is 6. The van der Waals surface area contributed by atoms with Gasteiger partial charge >= 0.3 is 0 Å². The molecule has 1 saturated heterocycles. The average molecular weight is 385 g/mol. The molecular formula is C17H27N3O5S. The number of nitrogens with zero attached hydrogens (tertiary/aromatic N) is 2. The third kappa shape index (κ3) is 6.47. The van der Waals surface area contributed by atoms with E-state index in [4.69, 9.17) is 9.47 Å². The van der Waals surface area contributed by atoms with Crippen LogP contribution in [0.1, 0.15) is 6.42 Å². The molecule has 1 N–H and O–H groups in total. The molecule has 0 aromatic heterocycles. The van der Waals surface area contributed by atoms with Crippen LogP contribution < -0.4 is 14.4 Å². The van der Waals surface area contributed by atoms with E-state index in [1.165, 1.54) is 11.4 Å². The Labute approximate surface area is 155 Å². The number of carbonyl (C=O) groups is 1. The molecule has 1 fully saturated rings. The lowest BCUT2D eigenvalue weighted by molar-refractivity contribution is -0.120. The molecule has 1 amide bonds. The molecule has 0 atom stereocenters. The minimum Gasteiger partial charge on any atom is -0.497 e. The number of ether oxygens (including phenoxy) is 2. The molecule has 0 spiro atoms. The minimum absolute atomic E-state index is 0.0788. The van der Waals surface area contributed by atoms with Gasteiger partial charge in [0.1, 0.15) is 5.75 Å². The fourth-order valence-corrected chi connectivity index (χ4v) is 3.64. The van der Waals surface area contributed by atoms with E-state index in [2.05, 4.69) is 10.2 Å². The van der Waals surface area contributed by atoms with Crippen LogP contribution in [0, 0.1) is 0 Å². The highest BCUT2D eigenvalue weighted by molar-refractivity contribution is 7.92. The maximum Gasteiger partial charge on any atom is 0.232 e. The van der Waals surface area contributed by atoms with Crippen molar-refractivity contribution in [1.82, 2.24) is 10.2 Å². The summed E-state index contributed by atoms with van der Waals surface area (Å²) in [5, 5.41) is 2.84. The number of hydrogen-bond donors (Lipinski definition) is 1. The Morgan fingerprint density at radius 3 is 2.73 bits per heavy atom. The summed E-state index contributed by atoms with van der Waals surface area (Å²) in [6.45, 7) is 4.56. The van der Waals surface area contributed by atoms with E-state index in [9.17, 15) is 13.2 Å². The maximum atomic E-state index is 12.1. The fraction of sp³-hybridized carbons (Fsp3) is 0.588. The van der Waals surface area contributed by atoms with Gasteiger partial charge in [-0.3, -0.25) is 14.0 Å². The van der Waals surface area contributed by atoms with Gasteiger partial charge in [-0.15, -0.1) is 0 Å². The molecule has 1 aromatic carbocycles. The number of nitrogens with one attached hydrogen (secondary N) is 1. The summed E-state index contributed by atoms with van der Waals surface area (Å²) in [6, 6.07) is 6.77. The van der Waals surface area contributed by atoms with E-state index in [1.807, 2.05) is 0 Å². The molecule has 9 heteroatoms. The topological polar surface area (TPSA) is 88.2 Å². The highest BCUT2D eigenvalue weighted by Crippen LogP contribution is 2.23. The molecule has 1 aliphatic rings. The number of sulfonamides is 1. The van der Waals surface area contributed by atoms with Gasteiger partial charge < -0.3 is 14.8 Å². The molecular weight excluding hydrogens is 358 g/mol. The van der Waals surface area contributed by atoms with Crippen molar-refractivity contribution in [2.24, 2.45) is 0 Å². The van der Waals surface area contributed by atoms with E-state index in [0.717, 1.165) is 39.1 Å². The third-order valence-electron chi connectivity index (χ3n) is 4.14. The molecule has 1 aliphatic heterocycles. The van der Waals surface area contributed by atoms with Crippen LogP contribution in [0.2, 0.25) is 0 Å². The van der Waals surface area contributed by atoms with E-state index < -0.39 is 10.0 Å². The summed E-state index contributed by atoms with van der Waals surface area (Å²) < 4.78 is 35.8. The monoisotopic (exact) mass is 385 g/mol. The number of amides is 1.